The van der Waals surface area contributed by atoms with Crippen LogP contribution in [0.1, 0.15) is 36.2 Å². The average molecular weight is 339 g/mol. The normalized spacial score (nSPS) is 14.7. The van der Waals surface area contributed by atoms with Crippen molar-refractivity contribution >= 4 is 23.1 Å². The molecule has 2 heterocycles. The van der Waals surface area contributed by atoms with Crippen LogP contribution in [0, 0.1) is 0 Å². The molecule has 1 aromatic carbocycles. The largest absolute Gasteiger partial charge is 0.378 e. The maximum absolute atomic E-state index is 12.5. The maximum Gasteiger partial charge on any atom is 0.274 e. The molecule has 1 aliphatic heterocycles. The summed E-state index contributed by atoms with van der Waals surface area (Å²) in [4.78, 5) is 25.1. The van der Waals surface area contributed by atoms with E-state index in [4.69, 9.17) is 0 Å². The van der Waals surface area contributed by atoms with E-state index in [-0.39, 0.29) is 5.91 Å². The topological polar surface area (TPSA) is 61.4 Å². The Hall–Kier alpha value is -2.63. The van der Waals surface area contributed by atoms with Crippen LogP contribution in [-0.2, 0) is 0 Å². The second-order valence-electron chi connectivity index (χ2n) is 6.56. The number of nitrogens with zero attached hydrogens (tertiary/aromatic N) is 4. The Balaban J connectivity index is 1.64. The highest BCUT2D eigenvalue weighted by Gasteiger charge is 2.18. The molecule has 1 N–H and O–H groups in total. The summed E-state index contributed by atoms with van der Waals surface area (Å²) < 4.78 is 0. The number of aromatic nitrogens is 2. The Labute approximate surface area is 148 Å². The van der Waals surface area contributed by atoms with Gasteiger partial charge in [-0.05, 0) is 37.1 Å². The Morgan fingerprint density at radius 1 is 1.00 bits per heavy atom. The Kier molecular flexibility index (Phi) is 5.48. The summed E-state index contributed by atoms with van der Waals surface area (Å²) in [5.41, 5.74) is 2.48. The van der Waals surface area contributed by atoms with E-state index in [1.165, 1.54) is 12.8 Å². The van der Waals surface area contributed by atoms with Crippen LogP contribution in [0.15, 0.2) is 36.7 Å². The molecular weight excluding hydrogens is 314 g/mol. The molecule has 25 heavy (non-hydrogen) atoms. The Morgan fingerprint density at radius 3 is 2.24 bits per heavy atom. The molecule has 0 unspecified atom stereocenters. The molecule has 132 valence electrons. The third-order valence-electron chi connectivity index (χ3n) is 4.42. The zero-order chi connectivity index (χ0) is 17.6. The Morgan fingerprint density at radius 2 is 1.68 bits per heavy atom. The molecule has 1 fully saturated rings. The summed E-state index contributed by atoms with van der Waals surface area (Å²) in [6.07, 6.45) is 7.72. The molecule has 1 saturated heterocycles. The predicted octanol–water partition coefficient (Wildman–Crippen LogP) is 3.30. The fourth-order valence-electron chi connectivity index (χ4n) is 2.93. The number of carbonyl (C=O) groups excluding carboxylic acids is 1. The van der Waals surface area contributed by atoms with E-state index in [1.54, 1.807) is 12.4 Å². The second-order valence-corrected chi connectivity index (χ2v) is 6.56. The molecule has 0 bridgehead atoms. The van der Waals surface area contributed by atoms with Gasteiger partial charge in [0.1, 0.15) is 11.5 Å². The van der Waals surface area contributed by atoms with Gasteiger partial charge in [-0.2, -0.15) is 0 Å². The Bertz CT molecular complexity index is 689. The second kappa shape index (κ2) is 7.96. The first kappa shape index (κ1) is 17.2. The third kappa shape index (κ3) is 4.47. The zero-order valence-electron chi connectivity index (χ0n) is 14.9. The smallest absolute Gasteiger partial charge is 0.274 e. The molecule has 2 aromatic rings. The van der Waals surface area contributed by atoms with E-state index in [1.807, 2.05) is 48.2 Å². The molecular formula is C19H25N5O. The number of likely N-dealkylation sites (tertiary alicyclic amines) is 1. The number of anilines is 3. The lowest BCUT2D eigenvalue weighted by molar-refractivity contribution is 0.0755. The van der Waals surface area contributed by atoms with E-state index in [2.05, 4.69) is 15.3 Å². The molecule has 1 aliphatic rings. The quantitative estimate of drug-likeness (QED) is 0.926. The fourth-order valence-corrected chi connectivity index (χ4v) is 2.93. The summed E-state index contributed by atoms with van der Waals surface area (Å²) in [5.74, 6) is 0.612. The van der Waals surface area contributed by atoms with Crippen LogP contribution < -0.4 is 10.2 Å². The average Bonchev–Trinajstić information content (AvgIpc) is 2.92. The van der Waals surface area contributed by atoms with E-state index in [0.29, 0.717) is 11.5 Å². The van der Waals surface area contributed by atoms with Crippen molar-refractivity contribution in [1.82, 2.24) is 14.9 Å². The lowest BCUT2D eigenvalue weighted by Gasteiger charge is -2.19. The van der Waals surface area contributed by atoms with E-state index < -0.39 is 0 Å². The molecule has 0 saturated carbocycles. The van der Waals surface area contributed by atoms with Gasteiger partial charge in [0.25, 0.3) is 5.91 Å². The van der Waals surface area contributed by atoms with Crippen LogP contribution in [0.4, 0.5) is 17.2 Å². The van der Waals surface area contributed by atoms with Crippen LogP contribution in [0.3, 0.4) is 0 Å². The summed E-state index contributed by atoms with van der Waals surface area (Å²) >= 11 is 0. The monoisotopic (exact) mass is 339 g/mol. The highest BCUT2D eigenvalue weighted by molar-refractivity contribution is 5.92. The van der Waals surface area contributed by atoms with E-state index >= 15 is 0 Å². The van der Waals surface area contributed by atoms with Crippen molar-refractivity contribution in [3.8, 4) is 0 Å². The van der Waals surface area contributed by atoms with Gasteiger partial charge in [0.05, 0.1) is 12.4 Å². The number of benzene rings is 1. The van der Waals surface area contributed by atoms with Gasteiger partial charge in [0.15, 0.2) is 0 Å². The van der Waals surface area contributed by atoms with E-state index in [9.17, 15) is 4.79 Å². The molecule has 0 spiro atoms. The van der Waals surface area contributed by atoms with E-state index in [0.717, 1.165) is 37.3 Å². The number of rotatable bonds is 4. The van der Waals surface area contributed by atoms with Crippen LogP contribution >= 0.6 is 0 Å². The van der Waals surface area contributed by atoms with Crippen molar-refractivity contribution < 1.29 is 4.79 Å². The maximum atomic E-state index is 12.5. The van der Waals surface area contributed by atoms with Crippen molar-refractivity contribution in [3.05, 3.63) is 42.4 Å². The van der Waals surface area contributed by atoms with Crippen LogP contribution in [0.25, 0.3) is 0 Å². The minimum atomic E-state index is -0.0173. The van der Waals surface area contributed by atoms with Crippen LogP contribution in [-0.4, -0.2) is 48.0 Å². The third-order valence-corrected chi connectivity index (χ3v) is 4.42. The molecule has 6 nitrogen and oxygen atoms in total. The molecule has 0 radical (unpaired) electrons. The number of nitrogens with one attached hydrogen (secondary N) is 1. The zero-order valence-corrected chi connectivity index (χ0v) is 14.9. The van der Waals surface area contributed by atoms with Gasteiger partial charge in [-0.15, -0.1) is 0 Å². The van der Waals surface area contributed by atoms with Gasteiger partial charge >= 0.3 is 0 Å². The molecule has 1 aromatic heterocycles. The molecule has 1 amide bonds. The number of hydrogen-bond acceptors (Lipinski definition) is 5. The van der Waals surface area contributed by atoms with Gasteiger partial charge in [0, 0.05) is 38.6 Å². The van der Waals surface area contributed by atoms with Crippen molar-refractivity contribution in [3.63, 3.8) is 0 Å². The summed E-state index contributed by atoms with van der Waals surface area (Å²) in [5, 5.41) is 3.21. The van der Waals surface area contributed by atoms with Crippen molar-refractivity contribution in [2.24, 2.45) is 0 Å². The van der Waals surface area contributed by atoms with Crippen LogP contribution in [0.2, 0.25) is 0 Å². The minimum absolute atomic E-state index is 0.0173. The SMILES string of the molecule is CN(C)c1ccc(Nc2cnc(C(=O)N3CCCCCC3)cn2)cc1. The number of hydrogen-bond donors (Lipinski definition) is 1. The molecule has 6 heteroatoms. The number of carbonyl (C=O) groups is 1. The molecule has 0 aliphatic carbocycles. The lowest BCUT2D eigenvalue weighted by Crippen LogP contribution is -2.32. The highest BCUT2D eigenvalue weighted by atomic mass is 16.2. The highest BCUT2D eigenvalue weighted by Crippen LogP contribution is 2.19. The van der Waals surface area contributed by atoms with Gasteiger partial charge in [-0.3, -0.25) is 4.79 Å². The summed E-state index contributed by atoms with van der Waals surface area (Å²) in [6, 6.07) is 8.06. The molecule has 0 atom stereocenters. The lowest BCUT2D eigenvalue weighted by atomic mass is 10.2. The standard InChI is InChI=1S/C19H25N5O/c1-23(2)16-9-7-15(8-10-16)22-18-14-20-17(13-21-18)19(25)24-11-5-3-4-6-12-24/h7-10,13-14H,3-6,11-12H2,1-2H3,(H,21,22). The first-order valence-corrected chi connectivity index (χ1v) is 8.79. The number of amides is 1. The first-order valence-electron chi connectivity index (χ1n) is 8.79. The minimum Gasteiger partial charge on any atom is -0.378 e. The van der Waals surface area contributed by atoms with Gasteiger partial charge in [0.2, 0.25) is 0 Å². The van der Waals surface area contributed by atoms with Crippen LogP contribution in [0.5, 0.6) is 0 Å². The summed E-state index contributed by atoms with van der Waals surface area (Å²) in [6.45, 7) is 1.64. The first-order chi connectivity index (χ1) is 12.1. The van der Waals surface area contributed by atoms with Crippen molar-refractivity contribution in [1.29, 1.82) is 0 Å². The predicted molar refractivity (Wildman–Crippen MR) is 100 cm³/mol. The van der Waals surface area contributed by atoms with Crippen molar-refractivity contribution in [2.45, 2.75) is 25.7 Å². The van der Waals surface area contributed by atoms with Gasteiger partial charge in [-0.1, -0.05) is 12.8 Å². The van der Waals surface area contributed by atoms with Gasteiger partial charge < -0.3 is 15.1 Å². The fraction of sp³-hybridized carbons (Fsp3) is 0.421. The van der Waals surface area contributed by atoms with Crippen molar-refractivity contribution in [2.75, 3.05) is 37.4 Å². The summed E-state index contributed by atoms with van der Waals surface area (Å²) in [7, 11) is 4.02. The molecule has 3 rings (SSSR count). The van der Waals surface area contributed by atoms with Gasteiger partial charge in [-0.25, -0.2) is 9.97 Å².